The van der Waals surface area contributed by atoms with Gasteiger partial charge in [-0.05, 0) is 37.5 Å². The Morgan fingerprint density at radius 3 is 2.42 bits per heavy atom. The highest BCUT2D eigenvalue weighted by atomic mass is 16.1. The fourth-order valence-electron chi connectivity index (χ4n) is 3.19. The first-order valence-electron chi connectivity index (χ1n) is 5.30. The first-order valence-corrected chi connectivity index (χ1v) is 5.30. The fourth-order valence-corrected chi connectivity index (χ4v) is 3.19. The minimum Gasteiger partial charge on any atom is -0.303 e. The van der Waals surface area contributed by atoms with Crippen LogP contribution in [0.15, 0.2) is 0 Å². The summed E-state index contributed by atoms with van der Waals surface area (Å²) in [7, 11) is 0. The van der Waals surface area contributed by atoms with Crippen molar-refractivity contribution in [3.8, 4) is 0 Å². The first-order chi connectivity index (χ1) is 5.85. The molecular weight excluding hydrogens is 148 g/mol. The Labute approximate surface area is 74.5 Å². The van der Waals surface area contributed by atoms with Crippen molar-refractivity contribution in [2.75, 3.05) is 0 Å². The molecule has 1 atom stereocenters. The van der Waals surface area contributed by atoms with Gasteiger partial charge in [0.05, 0.1) is 0 Å². The molecule has 12 heavy (non-hydrogen) atoms. The van der Waals surface area contributed by atoms with Crippen LogP contribution in [0.1, 0.15) is 51.4 Å². The SMILES string of the molecule is O=CC1CCCC2(CCCC2)C1. The summed E-state index contributed by atoms with van der Waals surface area (Å²) in [5.41, 5.74) is 0.615. The van der Waals surface area contributed by atoms with Gasteiger partial charge < -0.3 is 4.79 Å². The van der Waals surface area contributed by atoms with Crippen LogP contribution in [0.3, 0.4) is 0 Å². The molecule has 0 amide bonds. The van der Waals surface area contributed by atoms with Crippen molar-refractivity contribution >= 4 is 6.29 Å². The lowest BCUT2D eigenvalue weighted by Gasteiger charge is -2.36. The first kappa shape index (κ1) is 8.28. The average Bonchev–Trinajstić information content (AvgIpc) is 2.53. The van der Waals surface area contributed by atoms with Gasteiger partial charge in [-0.1, -0.05) is 19.3 Å². The Bertz CT molecular complexity index is 168. The largest absolute Gasteiger partial charge is 0.303 e. The lowest BCUT2D eigenvalue weighted by molar-refractivity contribution is -0.113. The predicted octanol–water partition coefficient (Wildman–Crippen LogP) is 2.94. The molecular formula is C11H18O. The quantitative estimate of drug-likeness (QED) is 0.547. The van der Waals surface area contributed by atoms with E-state index in [0.29, 0.717) is 11.3 Å². The molecule has 2 rings (SSSR count). The maximum Gasteiger partial charge on any atom is 0.123 e. The Morgan fingerprint density at radius 1 is 1.08 bits per heavy atom. The van der Waals surface area contributed by atoms with Gasteiger partial charge in [0.1, 0.15) is 6.29 Å². The van der Waals surface area contributed by atoms with Crippen molar-refractivity contribution < 1.29 is 4.79 Å². The van der Waals surface area contributed by atoms with Crippen LogP contribution in [0.25, 0.3) is 0 Å². The molecule has 1 spiro atoms. The summed E-state index contributed by atoms with van der Waals surface area (Å²) in [4.78, 5) is 10.7. The van der Waals surface area contributed by atoms with Crippen LogP contribution in [0, 0.1) is 11.3 Å². The molecule has 0 saturated heterocycles. The second kappa shape index (κ2) is 3.20. The minimum atomic E-state index is 0.400. The zero-order chi connectivity index (χ0) is 8.44. The molecule has 1 unspecified atom stereocenters. The molecule has 0 N–H and O–H groups in total. The van der Waals surface area contributed by atoms with E-state index in [1.807, 2.05) is 0 Å². The predicted molar refractivity (Wildman–Crippen MR) is 48.9 cm³/mol. The molecule has 0 bridgehead atoms. The van der Waals surface area contributed by atoms with E-state index >= 15 is 0 Å². The molecule has 68 valence electrons. The van der Waals surface area contributed by atoms with Gasteiger partial charge in [0.25, 0.3) is 0 Å². The molecule has 0 heterocycles. The summed E-state index contributed by atoms with van der Waals surface area (Å²) in [5, 5.41) is 0. The minimum absolute atomic E-state index is 0.400. The summed E-state index contributed by atoms with van der Waals surface area (Å²) in [6.45, 7) is 0. The molecule has 2 aliphatic carbocycles. The van der Waals surface area contributed by atoms with Gasteiger partial charge in [-0.25, -0.2) is 0 Å². The highest BCUT2D eigenvalue weighted by Crippen LogP contribution is 2.50. The van der Waals surface area contributed by atoms with Gasteiger partial charge in [0.15, 0.2) is 0 Å². The van der Waals surface area contributed by atoms with Crippen LogP contribution in [0.5, 0.6) is 0 Å². The van der Waals surface area contributed by atoms with Crippen LogP contribution in [-0.4, -0.2) is 6.29 Å². The normalized spacial score (nSPS) is 33.8. The number of hydrogen-bond acceptors (Lipinski definition) is 1. The van der Waals surface area contributed by atoms with Crippen LogP contribution in [-0.2, 0) is 4.79 Å². The van der Waals surface area contributed by atoms with Gasteiger partial charge in [-0.2, -0.15) is 0 Å². The van der Waals surface area contributed by atoms with Gasteiger partial charge in [0, 0.05) is 5.92 Å². The van der Waals surface area contributed by atoms with E-state index in [0.717, 1.165) is 6.42 Å². The van der Waals surface area contributed by atoms with Crippen LogP contribution < -0.4 is 0 Å². The maximum absolute atomic E-state index is 10.7. The molecule has 2 fully saturated rings. The van der Waals surface area contributed by atoms with Crippen LogP contribution in [0.4, 0.5) is 0 Å². The van der Waals surface area contributed by atoms with E-state index in [9.17, 15) is 4.79 Å². The molecule has 0 aromatic rings. The molecule has 1 heteroatoms. The highest BCUT2D eigenvalue weighted by Gasteiger charge is 2.38. The van der Waals surface area contributed by atoms with Gasteiger partial charge in [-0.3, -0.25) is 0 Å². The van der Waals surface area contributed by atoms with Gasteiger partial charge >= 0.3 is 0 Å². The third-order valence-electron chi connectivity index (χ3n) is 3.83. The van der Waals surface area contributed by atoms with E-state index in [-0.39, 0.29) is 0 Å². The number of carbonyl (C=O) groups excluding carboxylic acids is 1. The smallest absolute Gasteiger partial charge is 0.123 e. The van der Waals surface area contributed by atoms with Gasteiger partial charge in [-0.15, -0.1) is 0 Å². The summed E-state index contributed by atoms with van der Waals surface area (Å²) in [5.74, 6) is 0.400. The fraction of sp³-hybridized carbons (Fsp3) is 0.909. The summed E-state index contributed by atoms with van der Waals surface area (Å²) in [6, 6.07) is 0. The van der Waals surface area contributed by atoms with E-state index in [1.165, 1.54) is 51.2 Å². The second-order valence-electron chi connectivity index (χ2n) is 4.70. The van der Waals surface area contributed by atoms with Crippen molar-refractivity contribution in [3.63, 3.8) is 0 Å². The summed E-state index contributed by atoms with van der Waals surface area (Å²) < 4.78 is 0. The van der Waals surface area contributed by atoms with E-state index < -0.39 is 0 Å². The number of rotatable bonds is 1. The molecule has 0 aromatic carbocycles. The average molecular weight is 166 g/mol. The Kier molecular flexibility index (Phi) is 2.20. The van der Waals surface area contributed by atoms with Crippen LogP contribution >= 0.6 is 0 Å². The Balaban J connectivity index is 2.01. The molecule has 0 radical (unpaired) electrons. The van der Waals surface area contributed by atoms with E-state index in [4.69, 9.17) is 0 Å². The van der Waals surface area contributed by atoms with Gasteiger partial charge in [0.2, 0.25) is 0 Å². The number of hydrogen-bond donors (Lipinski definition) is 0. The second-order valence-corrected chi connectivity index (χ2v) is 4.70. The molecule has 0 aliphatic heterocycles. The van der Waals surface area contributed by atoms with Crippen LogP contribution in [0.2, 0.25) is 0 Å². The third kappa shape index (κ3) is 1.41. The molecule has 2 aliphatic rings. The van der Waals surface area contributed by atoms with Crippen molar-refractivity contribution in [1.29, 1.82) is 0 Å². The van der Waals surface area contributed by atoms with E-state index in [1.54, 1.807) is 0 Å². The molecule has 1 nitrogen and oxygen atoms in total. The Morgan fingerprint density at radius 2 is 1.75 bits per heavy atom. The van der Waals surface area contributed by atoms with Crippen molar-refractivity contribution in [1.82, 2.24) is 0 Å². The number of aldehydes is 1. The van der Waals surface area contributed by atoms with Crippen molar-refractivity contribution in [2.45, 2.75) is 51.4 Å². The third-order valence-corrected chi connectivity index (χ3v) is 3.83. The lowest BCUT2D eigenvalue weighted by Crippen LogP contribution is -2.26. The Hall–Kier alpha value is -0.330. The zero-order valence-electron chi connectivity index (χ0n) is 7.72. The number of carbonyl (C=O) groups is 1. The highest BCUT2D eigenvalue weighted by molar-refractivity contribution is 5.53. The molecule has 0 aromatic heterocycles. The van der Waals surface area contributed by atoms with Crippen molar-refractivity contribution in [3.05, 3.63) is 0 Å². The summed E-state index contributed by atoms with van der Waals surface area (Å²) in [6.07, 6.45) is 11.9. The topological polar surface area (TPSA) is 17.1 Å². The summed E-state index contributed by atoms with van der Waals surface area (Å²) >= 11 is 0. The molecule has 2 saturated carbocycles. The lowest BCUT2D eigenvalue weighted by atomic mass is 9.69. The maximum atomic E-state index is 10.7. The standard InChI is InChI=1S/C11H18O/c12-9-10-4-3-7-11(8-10)5-1-2-6-11/h9-10H,1-8H2. The monoisotopic (exact) mass is 166 g/mol. The van der Waals surface area contributed by atoms with Crippen molar-refractivity contribution in [2.24, 2.45) is 11.3 Å². The van der Waals surface area contributed by atoms with E-state index in [2.05, 4.69) is 0 Å². The zero-order valence-corrected chi connectivity index (χ0v) is 7.72.